The van der Waals surface area contributed by atoms with Gasteiger partial charge in [0.05, 0.1) is 5.69 Å². The van der Waals surface area contributed by atoms with Gasteiger partial charge in [-0.15, -0.1) is 0 Å². The maximum atomic E-state index is 12.6. The quantitative estimate of drug-likeness (QED) is 0.491. The van der Waals surface area contributed by atoms with E-state index in [0.717, 1.165) is 22.5 Å². The highest BCUT2D eigenvalue weighted by Gasteiger charge is 2.17. The van der Waals surface area contributed by atoms with Crippen LogP contribution in [0.5, 0.6) is 0 Å². The Morgan fingerprint density at radius 2 is 1.78 bits per heavy atom. The Morgan fingerprint density at radius 3 is 2.52 bits per heavy atom. The van der Waals surface area contributed by atoms with Gasteiger partial charge in [-0.3, -0.25) is 4.72 Å². The molecule has 136 valence electrons. The third-order valence-corrected chi connectivity index (χ3v) is 6.57. The van der Waals surface area contributed by atoms with E-state index in [1.54, 1.807) is 36.4 Å². The van der Waals surface area contributed by atoms with E-state index in [2.05, 4.69) is 25.6 Å². The minimum Gasteiger partial charge on any atom is -0.306 e. The second kappa shape index (κ2) is 6.83. The van der Waals surface area contributed by atoms with Crippen molar-refractivity contribution >= 4 is 37.3 Å². The number of rotatable bonds is 4. The molecule has 2 aromatic carbocycles. The lowest BCUT2D eigenvalue weighted by molar-refractivity contribution is 0.601. The van der Waals surface area contributed by atoms with Gasteiger partial charge in [0, 0.05) is 28.1 Å². The Bertz CT molecular complexity index is 1230. The third kappa shape index (κ3) is 3.61. The minimum absolute atomic E-state index is 0.199. The van der Waals surface area contributed by atoms with Crippen LogP contribution in [0.2, 0.25) is 0 Å². The SMILES string of the molecule is Cc1ccn2cc(-c3ccc(NS(=O)(=O)c4ccccc4Br)cc3)nc2c1. The largest absolute Gasteiger partial charge is 0.306 e. The van der Waals surface area contributed by atoms with Crippen LogP contribution >= 0.6 is 15.9 Å². The van der Waals surface area contributed by atoms with Crippen LogP contribution in [-0.4, -0.2) is 17.8 Å². The molecule has 0 aliphatic carbocycles. The molecule has 0 spiro atoms. The van der Waals surface area contributed by atoms with E-state index in [-0.39, 0.29) is 4.90 Å². The second-order valence-corrected chi connectivity index (χ2v) is 8.71. The summed E-state index contributed by atoms with van der Waals surface area (Å²) < 4.78 is 30.2. The summed E-state index contributed by atoms with van der Waals surface area (Å²) in [4.78, 5) is 4.82. The van der Waals surface area contributed by atoms with Crippen LogP contribution < -0.4 is 4.72 Å². The average molecular weight is 442 g/mol. The number of anilines is 1. The number of fused-ring (bicyclic) bond motifs is 1. The molecule has 7 heteroatoms. The topological polar surface area (TPSA) is 63.5 Å². The Balaban J connectivity index is 1.61. The number of hydrogen-bond acceptors (Lipinski definition) is 3. The van der Waals surface area contributed by atoms with Crippen molar-refractivity contribution in [1.82, 2.24) is 9.38 Å². The van der Waals surface area contributed by atoms with Crippen LogP contribution in [0.4, 0.5) is 5.69 Å². The standard InChI is InChI=1S/C20H16BrN3O2S/c1-14-10-11-24-13-18(22-20(24)12-14)15-6-8-16(9-7-15)23-27(25,26)19-5-3-2-4-17(19)21/h2-13,23H,1H3. The van der Waals surface area contributed by atoms with Crippen molar-refractivity contribution in [3.05, 3.63) is 83.1 Å². The minimum atomic E-state index is -3.66. The van der Waals surface area contributed by atoms with Gasteiger partial charge in [-0.25, -0.2) is 13.4 Å². The van der Waals surface area contributed by atoms with Gasteiger partial charge in [-0.05, 0) is 64.8 Å². The summed E-state index contributed by atoms with van der Waals surface area (Å²) in [5, 5.41) is 0. The van der Waals surface area contributed by atoms with Gasteiger partial charge in [-0.1, -0.05) is 24.3 Å². The van der Waals surface area contributed by atoms with E-state index in [0.29, 0.717) is 10.2 Å². The van der Waals surface area contributed by atoms with Crippen LogP contribution in [0, 0.1) is 6.92 Å². The molecule has 0 radical (unpaired) electrons. The number of benzene rings is 2. The first-order chi connectivity index (χ1) is 12.9. The van der Waals surface area contributed by atoms with Gasteiger partial charge in [0.2, 0.25) is 0 Å². The molecule has 4 aromatic rings. The van der Waals surface area contributed by atoms with Gasteiger partial charge in [0.1, 0.15) is 10.5 Å². The van der Waals surface area contributed by atoms with Crippen molar-refractivity contribution in [2.24, 2.45) is 0 Å². The van der Waals surface area contributed by atoms with Gasteiger partial charge in [0.15, 0.2) is 0 Å². The first-order valence-electron chi connectivity index (χ1n) is 8.25. The van der Waals surface area contributed by atoms with Crippen LogP contribution in [0.15, 0.2) is 82.4 Å². The predicted molar refractivity (Wildman–Crippen MR) is 110 cm³/mol. The molecule has 0 aliphatic rings. The maximum Gasteiger partial charge on any atom is 0.263 e. The van der Waals surface area contributed by atoms with Crippen molar-refractivity contribution in [3.63, 3.8) is 0 Å². The van der Waals surface area contributed by atoms with E-state index < -0.39 is 10.0 Å². The monoisotopic (exact) mass is 441 g/mol. The number of imidazole rings is 1. The Kier molecular flexibility index (Phi) is 4.49. The smallest absolute Gasteiger partial charge is 0.263 e. The predicted octanol–water partition coefficient (Wildman–Crippen LogP) is 4.87. The van der Waals surface area contributed by atoms with Crippen LogP contribution in [0.3, 0.4) is 0 Å². The number of nitrogens with one attached hydrogen (secondary N) is 1. The van der Waals surface area contributed by atoms with Crippen molar-refractivity contribution in [2.45, 2.75) is 11.8 Å². The van der Waals surface area contributed by atoms with Crippen molar-refractivity contribution < 1.29 is 8.42 Å². The second-order valence-electron chi connectivity index (χ2n) is 6.21. The molecule has 0 bridgehead atoms. The Morgan fingerprint density at radius 1 is 1.04 bits per heavy atom. The molecule has 0 aliphatic heterocycles. The molecular weight excluding hydrogens is 426 g/mol. The zero-order chi connectivity index (χ0) is 19.0. The van der Waals surface area contributed by atoms with Crippen LogP contribution in [0.25, 0.3) is 16.9 Å². The molecular formula is C20H16BrN3O2S. The average Bonchev–Trinajstić information content (AvgIpc) is 3.05. The molecule has 5 nitrogen and oxygen atoms in total. The molecule has 0 atom stereocenters. The number of nitrogens with zero attached hydrogens (tertiary/aromatic N) is 2. The lowest BCUT2D eigenvalue weighted by atomic mass is 10.1. The van der Waals surface area contributed by atoms with E-state index in [4.69, 9.17) is 0 Å². The highest BCUT2D eigenvalue weighted by molar-refractivity contribution is 9.10. The third-order valence-electron chi connectivity index (χ3n) is 4.17. The fourth-order valence-corrected chi connectivity index (χ4v) is 4.87. The summed E-state index contributed by atoms with van der Waals surface area (Å²) in [5.41, 5.74) is 4.27. The summed E-state index contributed by atoms with van der Waals surface area (Å²) in [6.45, 7) is 2.03. The molecule has 1 N–H and O–H groups in total. The van der Waals surface area contributed by atoms with Gasteiger partial charge in [-0.2, -0.15) is 0 Å². The fraction of sp³-hybridized carbons (Fsp3) is 0.0500. The van der Waals surface area contributed by atoms with E-state index >= 15 is 0 Å². The Hall–Kier alpha value is -2.64. The maximum absolute atomic E-state index is 12.6. The number of aryl methyl sites for hydroxylation is 1. The molecule has 0 amide bonds. The summed E-state index contributed by atoms with van der Waals surface area (Å²) in [7, 11) is -3.66. The van der Waals surface area contributed by atoms with Crippen LogP contribution in [-0.2, 0) is 10.0 Å². The zero-order valence-corrected chi connectivity index (χ0v) is 16.8. The molecule has 0 saturated heterocycles. The highest BCUT2D eigenvalue weighted by atomic mass is 79.9. The normalized spacial score (nSPS) is 11.6. The van der Waals surface area contributed by atoms with Gasteiger partial charge >= 0.3 is 0 Å². The van der Waals surface area contributed by atoms with Crippen molar-refractivity contribution in [2.75, 3.05) is 4.72 Å². The zero-order valence-electron chi connectivity index (χ0n) is 14.4. The summed E-state index contributed by atoms with van der Waals surface area (Å²) in [5.74, 6) is 0. The molecule has 2 aromatic heterocycles. The molecule has 27 heavy (non-hydrogen) atoms. The van der Waals surface area contributed by atoms with E-state index in [1.165, 1.54) is 0 Å². The number of hydrogen-bond donors (Lipinski definition) is 1. The molecule has 4 rings (SSSR count). The van der Waals surface area contributed by atoms with Gasteiger partial charge < -0.3 is 4.40 Å². The fourth-order valence-electron chi connectivity index (χ4n) is 2.80. The first kappa shape index (κ1) is 17.8. The Labute approximate surface area is 165 Å². The number of sulfonamides is 1. The molecule has 0 fully saturated rings. The lowest BCUT2D eigenvalue weighted by Gasteiger charge is -2.09. The van der Waals surface area contributed by atoms with E-state index in [1.807, 2.05) is 48.0 Å². The number of aromatic nitrogens is 2. The summed E-state index contributed by atoms with van der Waals surface area (Å²) in [6, 6.07) is 17.9. The molecule has 2 heterocycles. The number of pyridine rings is 1. The van der Waals surface area contributed by atoms with Crippen molar-refractivity contribution in [3.8, 4) is 11.3 Å². The molecule has 0 unspecified atom stereocenters. The summed E-state index contributed by atoms with van der Waals surface area (Å²) in [6.07, 6.45) is 3.93. The number of halogens is 1. The van der Waals surface area contributed by atoms with Gasteiger partial charge in [0.25, 0.3) is 10.0 Å². The lowest BCUT2D eigenvalue weighted by Crippen LogP contribution is -2.13. The molecule has 0 saturated carbocycles. The van der Waals surface area contributed by atoms with Crippen molar-refractivity contribution in [1.29, 1.82) is 0 Å². The summed E-state index contributed by atoms with van der Waals surface area (Å²) >= 11 is 3.28. The first-order valence-corrected chi connectivity index (χ1v) is 10.5. The highest BCUT2D eigenvalue weighted by Crippen LogP contribution is 2.26. The van der Waals surface area contributed by atoms with E-state index in [9.17, 15) is 8.42 Å². The van der Waals surface area contributed by atoms with Crippen LogP contribution in [0.1, 0.15) is 5.56 Å².